The lowest BCUT2D eigenvalue weighted by atomic mass is 9.54. The first kappa shape index (κ1) is 22.9. The fourth-order valence-electron chi connectivity index (χ4n) is 7.01. The van der Waals surface area contributed by atoms with Gasteiger partial charge in [0, 0.05) is 34.4 Å². The first-order valence-corrected chi connectivity index (χ1v) is 13.3. The maximum atomic E-state index is 13.5. The average Bonchev–Trinajstić information content (AvgIpc) is 3.15. The summed E-state index contributed by atoms with van der Waals surface area (Å²) in [5.41, 5.74) is 3.53. The van der Waals surface area contributed by atoms with Gasteiger partial charge in [-0.1, -0.05) is 34.8 Å². The van der Waals surface area contributed by atoms with E-state index in [9.17, 15) is 9.59 Å². The molecule has 4 saturated carbocycles. The zero-order valence-corrected chi connectivity index (χ0v) is 20.6. The number of halogens is 1. The number of benzene rings is 1. The number of unbranched alkanes of at least 4 members (excludes halogenated alkanes) is 3. The minimum absolute atomic E-state index is 0.0689. The Morgan fingerprint density at radius 3 is 2.36 bits per heavy atom. The van der Waals surface area contributed by atoms with E-state index in [1.54, 1.807) is 5.48 Å². The lowest BCUT2D eigenvalue weighted by molar-refractivity contribution is -0.129. The molecule has 4 aliphatic rings. The third-order valence-corrected chi connectivity index (χ3v) is 8.78. The second kappa shape index (κ2) is 9.79. The summed E-state index contributed by atoms with van der Waals surface area (Å²) in [4.78, 5) is 24.7. The molecule has 0 unspecified atom stereocenters. The molecule has 1 aromatic heterocycles. The highest BCUT2D eigenvalue weighted by atomic mass is 79.9. The molecule has 6 nitrogen and oxygen atoms in total. The number of hydrogen-bond donors (Lipinski definition) is 3. The molecule has 2 aromatic rings. The van der Waals surface area contributed by atoms with Gasteiger partial charge in [0.15, 0.2) is 0 Å². The third kappa shape index (κ3) is 4.85. The van der Waals surface area contributed by atoms with Crippen LogP contribution in [0.3, 0.4) is 0 Å². The molecule has 0 aliphatic heterocycles. The van der Waals surface area contributed by atoms with Gasteiger partial charge in [0.25, 0.3) is 5.91 Å². The predicted molar refractivity (Wildman–Crippen MR) is 131 cm³/mol. The van der Waals surface area contributed by atoms with Gasteiger partial charge in [0.05, 0.1) is 0 Å². The molecule has 33 heavy (non-hydrogen) atoms. The smallest absolute Gasteiger partial charge is 0.268 e. The van der Waals surface area contributed by atoms with Crippen molar-refractivity contribution in [2.24, 2.45) is 23.7 Å². The zero-order valence-electron chi connectivity index (χ0n) is 19.1. The van der Waals surface area contributed by atoms with E-state index in [1.807, 2.05) is 12.1 Å². The van der Waals surface area contributed by atoms with Crippen LogP contribution in [0.2, 0.25) is 0 Å². The molecule has 2 amide bonds. The molecule has 0 atom stereocenters. The summed E-state index contributed by atoms with van der Waals surface area (Å²) in [6, 6.07) is 8.57. The van der Waals surface area contributed by atoms with E-state index in [-0.39, 0.29) is 11.8 Å². The quantitative estimate of drug-likeness (QED) is 0.237. The Bertz CT molecular complexity index is 1010. The van der Waals surface area contributed by atoms with Crippen LogP contribution in [-0.4, -0.2) is 27.6 Å². The van der Waals surface area contributed by atoms with Crippen LogP contribution in [0.5, 0.6) is 0 Å². The predicted octanol–water partition coefficient (Wildman–Crippen LogP) is 5.41. The molecule has 0 radical (unpaired) electrons. The van der Waals surface area contributed by atoms with E-state index in [4.69, 9.17) is 5.21 Å². The Morgan fingerprint density at radius 1 is 0.970 bits per heavy atom. The van der Waals surface area contributed by atoms with Crippen molar-refractivity contribution < 1.29 is 14.8 Å². The average molecular weight is 516 g/mol. The highest BCUT2D eigenvalue weighted by Crippen LogP contribution is 2.53. The van der Waals surface area contributed by atoms with Crippen molar-refractivity contribution in [1.82, 2.24) is 15.4 Å². The third-order valence-electron chi connectivity index (χ3n) is 8.28. The van der Waals surface area contributed by atoms with Crippen molar-refractivity contribution >= 4 is 38.6 Å². The van der Waals surface area contributed by atoms with Crippen LogP contribution in [0.1, 0.15) is 74.7 Å². The summed E-state index contributed by atoms with van der Waals surface area (Å²) < 4.78 is 3.18. The Hall–Kier alpha value is -1.86. The minimum Gasteiger partial charge on any atom is -0.347 e. The van der Waals surface area contributed by atoms with Gasteiger partial charge in [-0.25, -0.2) is 5.48 Å². The van der Waals surface area contributed by atoms with E-state index in [0.717, 1.165) is 65.1 Å². The van der Waals surface area contributed by atoms with Crippen molar-refractivity contribution in [2.75, 3.05) is 0 Å². The minimum atomic E-state index is -0.333. The number of aryl methyl sites for hydroxylation is 1. The summed E-state index contributed by atoms with van der Waals surface area (Å²) in [6.07, 6.45) is 10.5. The first-order chi connectivity index (χ1) is 16.0. The van der Waals surface area contributed by atoms with Gasteiger partial charge >= 0.3 is 0 Å². The van der Waals surface area contributed by atoms with E-state index in [0.29, 0.717) is 24.3 Å². The Kier molecular flexibility index (Phi) is 6.79. The number of amides is 2. The summed E-state index contributed by atoms with van der Waals surface area (Å²) in [5.74, 6) is 2.85. The number of hydrogen-bond acceptors (Lipinski definition) is 3. The Balaban J connectivity index is 1.28. The van der Waals surface area contributed by atoms with Crippen molar-refractivity contribution in [3.8, 4) is 0 Å². The molecule has 0 saturated heterocycles. The number of fused-ring (bicyclic) bond motifs is 1. The number of carbonyl (C=O) groups is 2. The molecular formula is C26H34BrN3O3. The molecule has 4 bridgehead atoms. The molecule has 0 spiro atoms. The molecule has 6 rings (SSSR count). The van der Waals surface area contributed by atoms with Crippen LogP contribution in [0.15, 0.2) is 28.7 Å². The van der Waals surface area contributed by atoms with Crippen LogP contribution in [0.4, 0.5) is 0 Å². The van der Waals surface area contributed by atoms with Gasteiger partial charge in [0.2, 0.25) is 5.91 Å². The van der Waals surface area contributed by atoms with Gasteiger partial charge in [0.1, 0.15) is 5.69 Å². The van der Waals surface area contributed by atoms with Gasteiger partial charge in [-0.2, -0.15) is 0 Å². The lowest BCUT2D eigenvalue weighted by Crippen LogP contribution is -2.56. The molecule has 4 aliphatic carbocycles. The van der Waals surface area contributed by atoms with Gasteiger partial charge in [-0.3, -0.25) is 14.8 Å². The molecule has 7 heteroatoms. The summed E-state index contributed by atoms with van der Waals surface area (Å²) in [5, 5.41) is 13.2. The van der Waals surface area contributed by atoms with Crippen molar-refractivity contribution in [2.45, 2.75) is 76.8 Å². The zero-order chi connectivity index (χ0) is 22.9. The first-order valence-electron chi connectivity index (χ1n) is 12.5. The van der Waals surface area contributed by atoms with Crippen LogP contribution in [0.25, 0.3) is 10.9 Å². The standard InChI is InChI=1S/C26H34BrN3O3/c27-21-7-6-18-14-23(30(22(18)15-21)8-4-2-1-3-5-24(31)29-33)26(32)28-25-19-10-16-9-17(12-19)13-20(25)11-16/h6-7,14-17,19-20,25,33H,1-5,8-13H2,(H,28,32)(H,29,31). The topological polar surface area (TPSA) is 83.4 Å². The number of nitrogens with one attached hydrogen (secondary N) is 2. The van der Waals surface area contributed by atoms with Crippen molar-refractivity contribution in [1.29, 1.82) is 0 Å². The van der Waals surface area contributed by atoms with E-state index in [1.165, 1.54) is 32.1 Å². The van der Waals surface area contributed by atoms with E-state index < -0.39 is 0 Å². The Morgan fingerprint density at radius 2 is 1.67 bits per heavy atom. The van der Waals surface area contributed by atoms with Crippen LogP contribution in [-0.2, 0) is 11.3 Å². The monoisotopic (exact) mass is 515 g/mol. The number of carbonyl (C=O) groups excluding carboxylic acids is 2. The molecular weight excluding hydrogens is 482 g/mol. The van der Waals surface area contributed by atoms with E-state index in [2.05, 4.69) is 37.9 Å². The number of nitrogens with zero attached hydrogens (tertiary/aromatic N) is 1. The number of aromatic nitrogens is 1. The van der Waals surface area contributed by atoms with Gasteiger partial charge in [-0.15, -0.1) is 0 Å². The highest BCUT2D eigenvalue weighted by molar-refractivity contribution is 9.10. The van der Waals surface area contributed by atoms with Gasteiger partial charge in [-0.05, 0) is 86.8 Å². The van der Waals surface area contributed by atoms with Gasteiger partial charge < -0.3 is 9.88 Å². The number of rotatable bonds is 9. The molecule has 1 aromatic carbocycles. The molecule has 4 fully saturated rings. The molecule has 3 N–H and O–H groups in total. The van der Waals surface area contributed by atoms with Crippen LogP contribution in [0, 0.1) is 23.7 Å². The molecule has 178 valence electrons. The highest BCUT2D eigenvalue weighted by Gasteiger charge is 2.48. The summed E-state index contributed by atoms with van der Waals surface area (Å²) in [7, 11) is 0. The fourth-order valence-corrected chi connectivity index (χ4v) is 7.36. The maximum absolute atomic E-state index is 13.5. The molecule has 1 heterocycles. The normalized spacial score (nSPS) is 27.8. The van der Waals surface area contributed by atoms with E-state index >= 15 is 0 Å². The number of hydroxylamine groups is 1. The second-order valence-electron chi connectivity index (χ2n) is 10.5. The summed E-state index contributed by atoms with van der Waals surface area (Å²) >= 11 is 3.59. The van der Waals surface area contributed by atoms with Crippen LogP contribution < -0.4 is 10.8 Å². The Labute approximate surface area is 203 Å². The van der Waals surface area contributed by atoms with Crippen molar-refractivity contribution in [3.05, 3.63) is 34.4 Å². The summed E-state index contributed by atoms with van der Waals surface area (Å²) in [6.45, 7) is 0.774. The second-order valence-corrected chi connectivity index (χ2v) is 11.4. The maximum Gasteiger partial charge on any atom is 0.268 e. The van der Waals surface area contributed by atoms with Crippen molar-refractivity contribution in [3.63, 3.8) is 0 Å². The largest absolute Gasteiger partial charge is 0.347 e. The SMILES string of the molecule is O=C(CCCCCCn1c(C(=O)NC2C3CC4CC(C3)CC2C4)cc2ccc(Br)cc21)NO. The van der Waals surface area contributed by atoms with Crippen LogP contribution >= 0.6 is 15.9 Å². The lowest BCUT2D eigenvalue weighted by Gasteiger charge is -2.54. The fraction of sp³-hybridized carbons (Fsp3) is 0.615.